The second-order valence-electron chi connectivity index (χ2n) is 5.33. The Morgan fingerprint density at radius 3 is 2.76 bits per heavy atom. The van der Waals surface area contributed by atoms with Gasteiger partial charge in [0, 0.05) is 40.6 Å². The fourth-order valence-electron chi connectivity index (χ4n) is 2.92. The predicted octanol–water partition coefficient (Wildman–Crippen LogP) is 2.19. The van der Waals surface area contributed by atoms with Crippen LogP contribution >= 0.6 is 0 Å². The normalized spacial score (nSPS) is 11.1. The first-order valence-corrected chi connectivity index (χ1v) is 7.01. The number of aromatic nitrogens is 2. The van der Waals surface area contributed by atoms with Crippen molar-refractivity contribution in [2.75, 3.05) is 0 Å². The summed E-state index contributed by atoms with van der Waals surface area (Å²) in [4.78, 5) is 14.3. The van der Waals surface area contributed by atoms with Gasteiger partial charge in [-0.05, 0) is 38.0 Å². The van der Waals surface area contributed by atoms with E-state index in [1.54, 1.807) is 6.07 Å². The molecule has 2 aromatic heterocycles. The lowest BCUT2D eigenvalue weighted by molar-refractivity contribution is -0.255. The summed E-state index contributed by atoms with van der Waals surface area (Å²) < 4.78 is 2.03. The molecule has 0 saturated heterocycles. The number of carbonyl (C=O) groups is 1. The number of aromatic amines is 1. The first-order chi connectivity index (χ1) is 10.1. The molecule has 1 aromatic carbocycles. The molecule has 1 N–H and O–H groups in total. The number of hydrogen-bond donors (Lipinski definition) is 1. The molecule has 0 amide bonds. The molecule has 21 heavy (non-hydrogen) atoms. The van der Waals surface area contributed by atoms with Crippen molar-refractivity contribution in [3.63, 3.8) is 0 Å². The smallest absolute Gasteiger partial charge is 0.0733 e. The number of nitrogens with zero attached hydrogens (tertiary/aromatic N) is 1. The Bertz CT molecular complexity index is 811. The van der Waals surface area contributed by atoms with Gasteiger partial charge < -0.3 is 19.5 Å². The van der Waals surface area contributed by atoms with Crippen molar-refractivity contribution in [3.8, 4) is 0 Å². The van der Waals surface area contributed by atoms with E-state index in [-0.39, 0.29) is 5.56 Å². The number of para-hydroxylation sites is 1. The third-order valence-electron chi connectivity index (χ3n) is 4.07. The summed E-state index contributed by atoms with van der Waals surface area (Å²) in [7, 11) is 0. The molecular formula is C17H17N2O2-. The van der Waals surface area contributed by atoms with Crippen LogP contribution < -0.4 is 5.11 Å². The van der Waals surface area contributed by atoms with Crippen molar-refractivity contribution >= 4 is 16.9 Å². The van der Waals surface area contributed by atoms with E-state index >= 15 is 0 Å². The number of rotatable bonds is 4. The molecule has 0 spiro atoms. The van der Waals surface area contributed by atoms with Crippen LogP contribution in [0.3, 0.4) is 0 Å². The van der Waals surface area contributed by atoms with Gasteiger partial charge in [-0.2, -0.15) is 0 Å². The second kappa shape index (κ2) is 5.13. The summed E-state index contributed by atoms with van der Waals surface area (Å²) in [5, 5.41) is 12.3. The molecule has 108 valence electrons. The third-order valence-corrected chi connectivity index (χ3v) is 4.07. The zero-order chi connectivity index (χ0) is 15.0. The van der Waals surface area contributed by atoms with Crippen molar-refractivity contribution < 1.29 is 9.90 Å². The minimum absolute atomic E-state index is 0.284. The van der Waals surface area contributed by atoms with Crippen LogP contribution in [-0.2, 0) is 13.0 Å². The van der Waals surface area contributed by atoms with E-state index in [2.05, 4.69) is 17.1 Å². The largest absolute Gasteiger partial charge is 0.545 e. The zero-order valence-electron chi connectivity index (χ0n) is 12.1. The first-order valence-electron chi connectivity index (χ1n) is 7.01. The van der Waals surface area contributed by atoms with Gasteiger partial charge in [0.2, 0.25) is 0 Å². The lowest BCUT2D eigenvalue weighted by atomic mass is 10.1. The summed E-state index contributed by atoms with van der Waals surface area (Å²) in [6.45, 7) is 4.51. The molecule has 0 saturated carbocycles. The summed E-state index contributed by atoms with van der Waals surface area (Å²) in [5.41, 5.74) is 4.36. The summed E-state index contributed by atoms with van der Waals surface area (Å²) >= 11 is 0. The van der Waals surface area contributed by atoms with Gasteiger partial charge in [-0.15, -0.1) is 0 Å². The van der Waals surface area contributed by atoms with Crippen LogP contribution in [0, 0.1) is 13.8 Å². The van der Waals surface area contributed by atoms with E-state index in [1.165, 1.54) is 10.9 Å². The summed E-state index contributed by atoms with van der Waals surface area (Å²) in [5.74, 6) is -1.11. The van der Waals surface area contributed by atoms with Crippen molar-refractivity contribution in [1.82, 2.24) is 9.55 Å². The number of H-pyrrole nitrogens is 1. The maximum absolute atomic E-state index is 11.1. The molecule has 0 atom stereocenters. The number of benzene rings is 1. The Morgan fingerprint density at radius 1 is 1.29 bits per heavy atom. The van der Waals surface area contributed by atoms with Gasteiger partial charge in [-0.25, -0.2) is 0 Å². The lowest BCUT2D eigenvalue weighted by Crippen LogP contribution is -2.23. The maximum Gasteiger partial charge on any atom is 0.0733 e. The molecule has 4 nitrogen and oxygen atoms in total. The number of carboxylic acid groups (broad SMARTS) is 1. The maximum atomic E-state index is 11.1. The van der Waals surface area contributed by atoms with E-state index in [4.69, 9.17) is 0 Å². The third kappa shape index (κ3) is 2.33. The first kappa shape index (κ1) is 13.5. The molecule has 3 aromatic rings. The predicted molar refractivity (Wildman–Crippen MR) is 80.2 cm³/mol. The van der Waals surface area contributed by atoms with Crippen LogP contribution in [0.1, 0.15) is 27.3 Å². The minimum atomic E-state index is -1.11. The number of hydrogen-bond acceptors (Lipinski definition) is 2. The Labute approximate surface area is 123 Å². The van der Waals surface area contributed by atoms with E-state index in [0.717, 1.165) is 29.9 Å². The standard InChI is InChI=1S/C17H18N2O2/c1-11-9-15(17(20)21)12(2)19(11)8-7-13-10-18-16-6-4-3-5-14(13)16/h3-6,9-10,18H,7-8H2,1-2H3,(H,20,21)/p-1. The summed E-state index contributed by atoms with van der Waals surface area (Å²) in [6.07, 6.45) is 2.88. The molecule has 3 rings (SSSR count). The number of nitrogens with one attached hydrogen (secondary N) is 1. The molecule has 0 aliphatic carbocycles. The average Bonchev–Trinajstić information content (AvgIpc) is 2.99. The van der Waals surface area contributed by atoms with Crippen molar-refractivity contribution in [1.29, 1.82) is 0 Å². The molecule has 2 heterocycles. The van der Waals surface area contributed by atoms with Crippen LogP contribution in [0.4, 0.5) is 0 Å². The quantitative estimate of drug-likeness (QED) is 0.797. The molecule has 4 heteroatoms. The van der Waals surface area contributed by atoms with E-state index in [9.17, 15) is 9.90 Å². The van der Waals surface area contributed by atoms with Gasteiger partial charge in [0.05, 0.1) is 5.97 Å². The Balaban J connectivity index is 1.87. The highest BCUT2D eigenvalue weighted by atomic mass is 16.4. The highest BCUT2D eigenvalue weighted by Gasteiger charge is 2.10. The summed E-state index contributed by atoms with van der Waals surface area (Å²) in [6, 6.07) is 9.87. The van der Waals surface area contributed by atoms with E-state index < -0.39 is 5.97 Å². The molecule has 0 fully saturated rings. The van der Waals surface area contributed by atoms with Gasteiger partial charge in [-0.3, -0.25) is 0 Å². The average molecular weight is 281 g/mol. The van der Waals surface area contributed by atoms with Gasteiger partial charge >= 0.3 is 0 Å². The fraction of sp³-hybridized carbons (Fsp3) is 0.235. The SMILES string of the molecule is Cc1cc(C(=O)[O-])c(C)n1CCc1c[nH]c2ccccc12. The molecule has 0 radical (unpaired) electrons. The van der Waals surface area contributed by atoms with Crippen molar-refractivity contribution in [3.05, 3.63) is 59.0 Å². The van der Waals surface area contributed by atoms with E-state index in [1.807, 2.05) is 36.7 Å². The minimum Gasteiger partial charge on any atom is -0.545 e. The van der Waals surface area contributed by atoms with Crippen LogP contribution in [-0.4, -0.2) is 15.5 Å². The topological polar surface area (TPSA) is 60.8 Å². The van der Waals surface area contributed by atoms with Crippen LogP contribution in [0.2, 0.25) is 0 Å². The molecular weight excluding hydrogens is 264 g/mol. The molecule has 0 unspecified atom stereocenters. The highest BCUT2D eigenvalue weighted by molar-refractivity contribution is 5.87. The van der Waals surface area contributed by atoms with Gasteiger partial charge in [0.25, 0.3) is 0 Å². The van der Waals surface area contributed by atoms with Crippen molar-refractivity contribution in [2.24, 2.45) is 0 Å². The number of carboxylic acids is 1. The monoisotopic (exact) mass is 281 g/mol. The molecule has 0 bridgehead atoms. The fourth-order valence-corrected chi connectivity index (χ4v) is 2.92. The highest BCUT2D eigenvalue weighted by Crippen LogP contribution is 2.20. The Kier molecular flexibility index (Phi) is 3.29. The van der Waals surface area contributed by atoms with Crippen LogP contribution in [0.5, 0.6) is 0 Å². The van der Waals surface area contributed by atoms with Gasteiger partial charge in [0.1, 0.15) is 0 Å². The molecule has 0 aliphatic heterocycles. The van der Waals surface area contributed by atoms with Crippen LogP contribution in [0.15, 0.2) is 36.5 Å². The lowest BCUT2D eigenvalue weighted by Gasteiger charge is -2.10. The van der Waals surface area contributed by atoms with Gasteiger partial charge in [-0.1, -0.05) is 18.2 Å². The number of aryl methyl sites for hydroxylation is 2. The number of fused-ring (bicyclic) bond motifs is 1. The van der Waals surface area contributed by atoms with E-state index in [0.29, 0.717) is 0 Å². The molecule has 0 aliphatic rings. The van der Waals surface area contributed by atoms with Crippen LogP contribution in [0.25, 0.3) is 10.9 Å². The van der Waals surface area contributed by atoms with Crippen molar-refractivity contribution in [2.45, 2.75) is 26.8 Å². The number of aromatic carboxylic acids is 1. The Hall–Kier alpha value is -2.49. The zero-order valence-corrected chi connectivity index (χ0v) is 12.1. The van der Waals surface area contributed by atoms with Gasteiger partial charge in [0.15, 0.2) is 0 Å². The Morgan fingerprint density at radius 2 is 2.05 bits per heavy atom. The number of carbonyl (C=O) groups excluding carboxylic acids is 1. The second-order valence-corrected chi connectivity index (χ2v) is 5.33.